The van der Waals surface area contributed by atoms with Crippen LogP contribution in [-0.2, 0) is 0 Å². The topological polar surface area (TPSA) is 62.2 Å². The highest BCUT2D eigenvalue weighted by Crippen LogP contribution is 2.17. The maximum absolute atomic E-state index is 12.9. The Labute approximate surface area is 146 Å². The summed E-state index contributed by atoms with van der Waals surface area (Å²) in [5.41, 5.74) is 2.70. The standard InChI is InChI=1S/C19H19N5O/c1-14-18(22-16-7-3-2-6-15(16)21-14)19(25)24-12-10-23(11-13-24)17-8-4-5-9-20-17/h2-9H,10-13H2,1H3. The van der Waals surface area contributed by atoms with E-state index in [0.717, 1.165) is 29.9 Å². The number of hydrogen-bond acceptors (Lipinski definition) is 5. The minimum atomic E-state index is -0.0450. The summed E-state index contributed by atoms with van der Waals surface area (Å²) in [4.78, 5) is 30.4. The van der Waals surface area contributed by atoms with Crippen LogP contribution in [-0.4, -0.2) is 51.9 Å². The Bertz CT molecular complexity index is 904. The highest BCUT2D eigenvalue weighted by Gasteiger charge is 2.25. The first-order valence-electron chi connectivity index (χ1n) is 8.41. The molecule has 1 aliphatic heterocycles. The van der Waals surface area contributed by atoms with E-state index in [4.69, 9.17) is 0 Å². The summed E-state index contributed by atoms with van der Waals surface area (Å²) in [6.07, 6.45) is 1.79. The second kappa shape index (κ2) is 6.47. The molecule has 0 radical (unpaired) electrons. The molecule has 0 unspecified atom stereocenters. The minimum absolute atomic E-state index is 0.0450. The number of aryl methyl sites for hydroxylation is 1. The molecule has 1 fully saturated rings. The Morgan fingerprint density at radius 1 is 0.920 bits per heavy atom. The van der Waals surface area contributed by atoms with E-state index in [1.807, 2.05) is 54.3 Å². The lowest BCUT2D eigenvalue weighted by Gasteiger charge is -2.35. The number of hydrogen-bond donors (Lipinski definition) is 0. The molecule has 1 aromatic carbocycles. The summed E-state index contributed by atoms with van der Waals surface area (Å²) < 4.78 is 0. The van der Waals surface area contributed by atoms with E-state index in [1.54, 1.807) is 6.20 Å². The fraction of sp³-hybridized carbons (Fsp3) is 0.263. The zero-order chi connectivity index (χ0) is 17.2. The first-order chi connectivity index (χ1) is 12.2. The smallest absolute Gasteiger partial charge is 0.274 e. The number of piperazine rings is 1. The molecule has 1 amide bonds. The van der Waals surface area contributed by atoms with Gasteiger partial charge in [0.25, 0.3) is 5.91 Å². The van der Waals surface area contributed by atoms with Crippen LogP contribution in [0.3, 0.4) is 0 Å². The predicted molar refractivity (Wildman–Crippen MR) is 96.6 cm³/mol. The number of rotatable bonds is 2. The largest absolute Gasteiger partial charge is 0.353 e. The van der Waals surface area contributed by atoms with Crippen LogP contribution in [0.15, 0.2) is 48.7 Å². The molecule has 0 atom stereocenters. The number of carbonyl (C=O) groups is 1. The molecule has 1 aliphatic rings. The second-order valence-corrected chi connectivity index (χ2v) is 6.11. The lowest BCUT2D eigenvalue weighted by molar-refractivity contribution is 0.0739. The summed E-state index contributed by atoms with van der Waals surface area (Å²) in [5, 5.41) is 0. The van der Waals surface area contributed by atoms with Gasteiger partial charge in [0.05, 0.1) is 16.7 Å². The van der Waals surface area contributed by atoms with Crippen LogP contribution >= 0.6 is 0 Å². The first kappa shape index (κ1) is 15.5. The molecule has 126 valence electrons. The van der Waals surface area contributed by atoms with Crippen LogP contribution in [0, 0.1) is 6.92 Å². The monoisotopic (exact) mass is 333 g/mol. The molecular formula is C19H19N5O. The number of amides is 1. The van der Waals surface area contributed by atoms with E-state index in [-0.39, 0.29) is 5.91 Å². The van der Waals surface area contributed by atoms with Crippen molar-refractivity contribution in [3.63, 3.8) is 0 Å². The van der Waals surface area contributed by atoms with E-state index in [0.29, 0.717) is 24.5 Å². The van der Waals surface area contributed by atoms with Crippen molar-refractivity contribution >= 4 is 22.8 Å². The minimum Gasteiger partial charge on any atom is -0.353 e. The Balaban J connectivity index is 1.52. The van der Waals surface area contributed by atoms with Gasteiger partial charge in [-0.25, -0.2) is 15.0 Å². The molecule has 0 spiro atoms. The molecular weight excluding hydrogens is 314 g/mol. The average molecular weight is 333 g/mol. The van der Waals surface area contributed by atoms with Gasteiger partial charge in [0.2, 0.25) is 0 Å². The molecule has 0 N–H and O–H groups in total. The molecule has 6 nitrogen and oxygen atoms in total. The fourth-order valence-electron chi connectivity index (χ4n) is 3.12. The van der Waals surface area contributed by atoms with E-state index in [2.05, 4.69) is 19.9 Å². The van der Waals surface area contributed by atoms with E-state index < -0.39 is 0 Å². The summed E-state index contributed by atoms with van der Waals surface area (Å²) >= 11 is 0. The third kappa shape index (κ3) is 3.03. The number of benzene rings is 1. The van der Waals surface area contributed by atoms with Crippen molar-refractivity contribution in [3.05, 3.63) is 60.0 Å². The van der Waals surface area contributed by atoms with E-state index >= 15 is 0 Å². The van der Waals surface area contributed by atoms with Crippen molar-refractivity contribution in [2.24, 2.45) is 0 Å². The van der Waals surface area contributed by atoms with Gasteiger partial charge in [-0.3, -0.25) is 4.79 Å². The van der Waals surface area contributed by atoms with E-state index in [9.17, 15) is 4.79 Å². The molecule has 0 saturated carbocycles. The summed E-state index contributed by atoms with van der Waals surface area (Å²) in [7, 11) is 0. The number of fused-ring (bicyclic) bond motifs is 1. The SMILES string of the molecule is Cc1nc2ccccc2nc1C(=O)N1CCN(c2ccccn2)CC1. The Morgan fingerprint density at radius 2 is 1.60 bits per heavy atom. The summed E-state index contributed by atoms with van der Waals surface area (Å²) in [6, 6.07) is 13.5. The van der Waals surface area contributed by atoms with Crippen molar-refractivity contribution in [1.82, 2.24) is 19.9 Å². The molecule has 3 heterocycles. The Kier molecular flexibility index (Phi) is 4.01. The van der Waals surface area contributed by atoms with E-state index in [1.165, 1.54) is 0 Å². The number of aromatic nitrogens is 3. The normalized spacial score (nSPS) is 14.8. The van der Waals surface area contributed by atoms with Gasteiger partial charge in [-0.1, -0.05) is 18.2 Å². The predicted octanol–water partition coefficient (Wildman–Crippen LogP) is 2.30. The maximum atomic E-state index is 12.9. The molecule has 0 bridgehead atoms. The van der Waals surface area contributed by atoms with Crippen molar-refractivity contribution in [2.45, 2.75) is 6.92 Å². The number of para-hydroxylation sites is 2. The van der Waals surface area contributed by atoms with Gasteiger partial charge in [0.1, 0.15) is 11.5 Å². The Hall–Kier alpha value is -3.02. The van der Waals surface area contributed by atoms with Crippen LogP contribution in [0.25, 0.3) is 11.0 Å². The molecule has 2 aromatic heterocycles. The van der Waals surface area contributed by atoms with Gasteiger partial charge in [0.15, 0.2) is 0 Å². The van der Waals surface area contributed by atoms with Gasteiger partial charge in [-0.05, 0) is 31.2 Å². The van der Waals surface area contributed by atoms with Crippen LogP contribution < -0.4 is 4.90 Å². The van der Waals surface area contributed by atoms with Crippen LogP contribution in [0.4, 0.5) is 5.82 Å². The van der Waals surface area contributed by atoms with Gasteiger partial charge in [0, 0.05) is 32.4 Å². The zero-order valence-corrected chi connectivity index (χ0v) is 14.1. The van der Waals surface area contributed by atoms with Crippen molar-refractivity contribution in [1.29, 1.82) is 0 Å². The summed E-state index contributed by atoms with van der Waals surface area (Å²) in [5.74, 6) is 0.910. The zero-order valence-electron chi connectivity index (χ0n) is 14.1. The molecule has 1 saturated heterocycles. The maximum Gasteiger partial charge on any atom is 0.274 e. The third-order valence-corrected chi connectivity index (χ3v) is 4.49. The summed E-state index contributed by atoms with van der Waals surface area (Å²) in [6.45, 7) is 4.69. The molecule has 6 heteroatoms. The van der Waals surface area contributed by atoms with Crippen LogP contribution in [0.1, 0.15) is 16.2 Å². The number of pyridine rings is 1. The third-order valence-electron chi connectivity index (χ3n) is 4.49. The highest BCUT2D eigenvalue weighted by atomic mass is 16.2. The van der Waals surface area contributed by atoms with Crippen LogP contribution in [0.2, 0.25) is 0 Å². The molecule has 25 heavy (non-hydrogen) atoms. The number of anilines is 1. The molecule has 3 aromatic rings. The van der Waals surface area contributed by atoms with Gasteiger partial charge in [-0.15, -0.1) is 0 Å². The van der Waals surface area contributed by atoms with Crippen molar-refractivity contribution in [2.75, 3.05) is 31.1 Å². The number of carbonyl (C=O) groups excluding carboxylic acids is 1. The van der Waals surface area contributed by atoms with Crippen molar-refractivity contribution < 1.29 is 4.79 Å². The van der Waals surface area contributed by atoms with Crippen LogP contribution in [0.5, 0.6) is 0 Å². The average Bonchev–Trinajstić information content (AvgIpc) is 2.68. The van der Waals surface area contributed by atoms with Crippen molar-refractivity contribution in [3.8, 4) is 0 Å². The second-order valence-electron chi connectivity index (χ2n) is 6.11. The highest BCUT2D eigenvalue weighted by molar-refractivity contribution is 5.95. The fourth-order valence-corrected chi connectivity index (χ4v) is 3.12. The lowest BCUT2D eigenvalue weighted by Crippen LogP contribution is -2.49. The van der Waals surface area contributed by atoms with Gasteiger partial charge >= 0.3 is 0 Å². The molecule has 0 aliphatic carbocycles. The van der Waals surface area contributed by atoms with Gasteiger partial charge in [-0.2, -0.15) is 0 Å². The first-order valence-corrected chi connectivity index (χ1v) is 8.41. The number of nitrogens with zero attached hydrogens (tertiary/aromatic N) is 5. The Morgan fingerprint density at radius 3 is 2.28 bits per heavy atom. The van der Waals surface area contributed by atoms with Gasteiger partial charge < -0.3 is 9.80 Å². The lowest BCUT2D eigenvalue weighted by atomic mass is 10.2. The molecule has 4 rings (SSSR count). The quantitative estimate of drug-likeness (QED) is 0.720.